The maximum atomic E-state index is 6.25. The Balaban J connectivity index is 1.13. The van der Waals surface area contributed by atoms with Crippen molar-refractivity contribution < 1.29 is 4.42 Å². The van der Waals surface area contributed by atoms with Gasteiger partial charge in [-0.25, -0.2) is 4.99 Å². The molecule has 3 N–H and O–H groups in total. The molecule has 10 rings (SSSR count). The van der Waals surface area contributed by atoms with Crippen LogP contribution in [0.25, 0.3) is 60.5 Å². The number of rotatable bonds is 4. The standard InChI is InChI=1S/C44H32N4O/c1-3-11-29-25-31(20-18-27(29)9-1)41-46-42(32-21-19-28-10-2-4-12-30(28)26-32)48-43(47-41)37-23-22-35(33-13-5-6-14-34(33)37)36-15-7-17-39-40(36)38-16-8-24-45-44(38)49-39/h1-23,25-26,41-42,45-46H,24H2,(H,47,48). The van der Waals surface area contributed by atoms with E-state index in [0.717, 1.165) is 62.4 Å². The van der Waals surface area contributed by atoms with Crippen molar-refractivity contribution in [3.8, 4) is 11.1 Å². The molecule has 2 aliphatic rings. The topological polar surface area (TPSA) is 61.6 Å². The molecule has 3 heterocycles. The van der Waals surface area contributed by atoms with Gasteiger partial charge in [0.25, 0.3) is 0 Å². The molecule has 49 heavy (non-hydrogen) atoms. The second-order valence-electron chi connectivity index (χ2n) is 12.9. The number of nitrogens with one attached hydrogen (secondary N) is 3. The minimum absolute atomic E-state index is 0.155. The average Bonchev–Trinajstić information content (AvgIpc) is 3.56. The summed E-state index contributed by atoms with van der Waals surface area (Å²) < 4.78 is 6.25. The Hall–Kier alpha value is -6.17. The van der Waals surface area contributed by atoms with Crippen LogP contribution in [0.15, 0.2) is 155 Å². The lowest BCUT2D eigenvalue weighted by Crippen LogP contribution is -2.45. The van der Waals surface area contributed by atoms with Crippen molar-refractivity contribution in [3.63, 3.8) is 0 Å². The van der Waals surface area contributed by atoms with Gasteiger partial charge in [-0.15, -0.1) is 0 Å². The normalized spacial score (nSPS) is 17.2. The average molecular weight is 633 g/mol. The summed E-state index contributed by atoms with van der Waals surface area (Å²) in [5.74, 6) is 1.70. The molecule has 7 aromatic carbocycles. The number of anilines is 1. The third-order valence-electron chi connectivity index (χ3n) is 9.95. The number of furan rings is 1. The Morgan fingerprint density at radius 1 is 0.592 bits per heavy atom. The van der Waals surface area contributed by atoms with Crippen LogP contribution >= 0.6 is 0 Å². The number of hydrogen-bond acceptors (Lipinski definition) is 5. The van der Waals surface area contributed by atoms with Crippen molar-refractivity contribution >= 4 is 61.1 Å². The molecule has 0 amide bonds. The molecule has 2 unspecified atom stereocenters. The van der Waals surface area contributed by atoms with Gasteiger partial charge in [-0.2, -0.15) is 0 Å². The van der Waals surface area contributed by atoms with Crippen LogP contribution in [-0.2, 0) is 0 Å². The van der Waals surface area contributed by atoms with Gasteiger partial charge in [0.2, 0.25) is 5.88 Å². The van der Waals surface area contributed by atoms with Crippen molar-refractivity contribution in [2.24, 2.45) is 4.99 Å². The van der Waals surface area contributed by atoms with E-state index in [1.807, 2.05) is 0 Å². The maximum absolute atomic E-state index is 6.25. The van der Waals surface area contributed by atoms with Gasteiger partial charge in [0.05, 0.1) is 0 Å². The molecular weight excluding hydrogens is 601 g/mol. The number of hydrogen-bond donors (Lipinski definition) is 3. The van der Waals surface area contributed by atoms with Crippen LogP contribution in [-0.4, -0.2) is 12.4 Å². The minimum Gasteiger partial charge on any atom is -0.440 e. The molecule has 0 aliphatic carbocycles. The summed E-state index contributed by atoms with van der Waals surface area (Å²) in [5.41, 5.74) is 7.67. The van der Waals surface area contributed by atoms with Crippen LogP contribution < -0.4 is 16.0 Å². The minimum atomic E-state index is -0.249. The highest BCUT2D eigenvalue weighted by Crippen LogP contribution is 2.42. The molecule has 0 fully saturated rings. The molecule has 5 nitrogen and oxygen atoms in total. The van der Waals surface area contributed by atoms with Gasteiger partial charge in [0.15, 0.2) is 0 Å². The third kappa shape index (κ3) is 4.70. The highest BCUT2D eigenvalue weighted by atomic mass is 16.3. The fraction of sp³-hybridized carbons (Fsp3) is 0.0682. The molecule has 1 aromatic heterocycles. The number of nitrogens with zero attached hydrogens (tertiary/aromatic N) is 1. The lowest BCUT2D eigenvalue weighted by molar-refractivity contribution is 0.409. The van der Waals surface area contributed by atoms with Crippen LogP contribution in [0.2, 0.25) is 0 Å². The predicted octanol–water partition coefficient (Wildman–Crippen LogP) is 10.3. The summed E-state index contributed by atoms with van der Waals surface area (Å²) in [6.07, 6.45) is 3.91. The number of benzene rings is 7. The Morgan fingerprint density at radius 3 is 2.06 bits per heavy atom. The fourth-order valence-electron chi connectivity index (χ4n) is 7.56. The van der Waals surface area contributed by atoms with Crippen molar-refractivity contribution in [2.75, 3.05) is 11.9 Å². The highest BCUT2D eigenvalue weighted by molar-refractivity contribution is 6.16. The quantitative estimate of drug-likeness (QED) is 0.181. The number of aliphatic imine (C=N–C) groups is 1. The van der Waals surface area contributed by atoms with Gasteiger partial charge in [-0.3, -0.25) is 5.32 Å². The summed E-state index contributed by atoms with van der Waals surface area (Å²) in [7, 11) is 0. The van der Waals surface area contributed by atoms with E-state index in [-0.39, 0.29) is 12.3 Å². The molecular formula is C44H32N4O. The zero-order valence-corrected chi connectivity index (χ0v) is 26.7. The van der Waals surface area contributed by atoms with E-state index in [2.05, 4.69) is 168 Å². The second-order valence-corrected chi connectivity index (χ2v) is 12.9. The first-order valence-electron chi connectivity index (χ1n) is 16.8. The van der Waals surface area contributed by atoms with E-state index in [1.165, 1.54) is 32.5 Å². The van der Waals surface area contributed by atoms with Gasteiger partial charge in [-0.05, 0) is 72.8 Å². The predicted molar refractivity (Wildman–Crippen MR) is 203 cm³/mol. The van der Waals surface area contributed by atoms with Crippen LogP contribution in [0.3, 0.4) is 0 Å². The van der Waals surface area contributed by atoms with Gasteiger partial charge >= 0.3 is 0 Å². The first kappa shape index (κ1) is 27.9. The Kier molecular flexibility index (Phi) is 6.39. The van der Waals surface area contributed by atoms with Crippen molar-refractivity contribution in [1.82, 2.24) is 10.6 Å². The van der Waals surface area contributed by atoms with E-state index < -0.39 is 0 Å². The second kappa shape index (κ2) is 11.2. The zero-order chi connectivity index (χ0) is 32.3. The Morgan fingerprint density at radius 2 is 1.27 bits per heavy atom. The molecule has 234 valence electrons. The van der Waals surface area contributed by atoms with E-state index in [4.69, 9.17) is 9.41 Å². The molecule has 0 spiro atoms. The van der Waals surface area contributed by atoms with Gasteiger partial charge in [0.1, 0.15) is 23.8 Å². The van der Waals surface area contributed by atoms with Gasteiger partial charge < -0.3 is 15.1 Å². The van der Waals surface area contributed by atoms with E-state index in [9.17, 15) is 0 Å². The van der Waals surface area contributed by atoms with Crippen molar-refractivity contribution in [2.45, 2.75) is 12.3 Å². The summed E-state index contributed by atoms with van der Waals surface area (Å²) in [6.45, 7) is 0.768. The molecule has 8 aromatic rings. The molecule has 2 atom stereocenters. The largest absolute Gasteiger partial charge is 0.440 e. The van der Waals surface area contributed by atoms with Crippen LogP contribution in [0.4, 0.5) is 5.88 Å². The first-order chi connectivity index (χ1) is 24.3. The maximum Gasteiger partial charge on any atom is 0.201 e. The molecule has 2 aliphatic heterocycles. The smallest absolute Gasteiger partial charge is 0.201 e. The van der Waals surface area contributed by atoms with Gasteiger partial charge in [0, 0.05) is 23.1 Å². The van der Waals surface area contributed by atoms with Gasteiger partial charge in [-0.1, -0.05) is 133 Å². The monoisotopic (exact) mass is 632 g/mol. The van der Waals surface area contributed by atoms with E-state index >= 15 is 0 Å². The summed E-state index contributed by atoms with van der Waals surface area (Å²) >= 11 is 0. The van der Waals surface area contributed by atoms with E-state index in [1.54, 1.807) is 0 Å². The third-order valence-corrected chi connectivity index (χ3v) is 9.95. The zero-order valence-electron chi connectivity index (χ0n) is 26.7. The SMILES string of the molecule is C1=Cc2c(oc3cccc(-c4ccc(C5=NC(c6ccc7ccccc7c6)NC(c6ccc7ccccc7c6)N5)c5ccccc45)c23)NC1. The lowest BCUT2D eigenvalue weighted by atomic mass is 9.91. The molecule has 0 bridgehead atoms. The van der Waals surface area contributed by atoms with Crippen molar-refractivity contribution in [1.29, 1.82) is 0 Å². The number of amidine groups is 1. The van der Waals surface area contributed by atoms with Crippen molar-refractivity contribution in [3.05, 3.63) is 168 Å². The van der Waals surface area contributed by atoms with Crippen LogP contribution in [0.1, 0.15) is 34.6 Å². The molecule has 5 heteroatoms. The summed E-state index contributed by atoms with van der Waals surface area (Å²) in [6, 6.07) is 49.8. The first-order valence-corrected chi connectivity index (χ1v) is 16.8. The Labute approximate surface area is 283 Å². The molecule has 0 radical (unpaired) electrons. The van der Waals surface area contributed by atoms with Crippen LogP contribution in [0, 0.1) is 0 Å². The lowest BCUT2D eigenvalue weighted by Gasteiger charge is -2.33. The molecule has 0 saturated carbocycles. The highest BCUT2D eigenvalue weighted by Gasteiger charge is 2.27. The molecule has 0 saturated heterocycles. The summed E-state index contributed by atoms with van der Waals surface area (Å²) in [4.78, 5) is 5.38. The fourth-order valence-corrected chi connectivity index (χ4v) is 7.56. The van der Waals surface area contributed by atoms with Crippen LogP contribution in [0.5, 0.6) is 0 Å². The number of fused-ring (bicyclic) bond motifs is 6. The summed E-state index contributed by atoms with van der Waals surface area (Å²) in [5, 5.41) is 19.3. The Bertz CT molecular complexity index is 2650. The van der Waals surface area contributed by atoms with E-state index in [0.29, 0.717) is 0 Å².